The van der Waals surface area contributed by atoms with Crippen molar-refractivity contribution in [3.05, 3.63) is 58.9 Å². The Morgan fingerprint density at radius 2 is 1.92 bits per heavy atom. The number of hydrogen-bond donors (Lipinski definition) is 2. The van der Waals surface area contributed by atoms with Gasteiger partial charge in [0.25, 0.3) is 5.56 Å². The molecule has 1 fully saturated rings. The van der Waals surface area contributed by atoms with E-state index in [0.717, 1.165) is 12.8 Å². The standard InChI is InChI=1S/C19H17N3O3S/c23-14-9-5-12(6-10-14)20-17(24)11-26-19-21-16-4-2-1-3-15(16)18(25)22(19)13-7-8-13/h1-6,9-10,13,23H,7-8,11H2,(H,20,24). The molecule has 1 aliphatic carbocycles. The molecule has 6 nitrogen and oxygen atoms in total. The van der Waals surface area contributed by atoms with Gasteiger partial charge in [0.2, 0.25) is 5.91 Å². The van der Waals surface area contributed by atoms with E-state index in [1.54, 1.807) is 22.8 Å². The van der Waals surface area contributed by atoms with Crippen LogP contribution in [0.15, 0.2) is 58.5 Å². The van der Waals surface area contributed by atoms with E-state index in [1.165, 1.54) is 23.9 Å². The number of anilines is 1. The zero-order valence-electron chi connectivity index (χ0n) is 13.9. The molecule has 1 saturated carbocycles. The second-order valence-corrected chi connectivity index (χ2v) is 7.14. The van der Waals surface area contributed by atoms with E-state index < -0.39 is 0 Å². The fourth-order valence-electron chi connectivity index (χ4n) is 2.75. The number of aromatic nitrogens is 2. The van der Waals surface area contributed by atoms with Gasteiger partial charge >= 0.3 is 0 Å². The van der Waals surface area contributed by atoms with E-state index in [0.29, 0.717) is 21.7 Å². The number of amides is 1. The fourth-order valence-corrected chi connectivity index (χ4v) is 3.62. The lowest BCUT2D eigenvalue weighted by molar-refractivity contribution is -0.113. The van der Waals surface area contributed by atoms with Gasteiger partial charge in [-0.25, -0.2) is 4.98 Å². The summed E-state index contributed by atoms with van der Waals surface area (Å²) in [6.45, 7) is 0. The van der Waals surface area contributed by atoms with Crippen molar-refractivity contribution in [1.82, 2.24) is 9.55 Å². The molecule has 26 heavy (non-hydrogen) atoms. The number of benzene rings is 2. The van der Waals surface area contributed by atoms with Crippen molar-refractivity contribution in [2.75, 3.05) is 11.1 Å². The Morgan fingerprint density at radius 1 is 1.19 bits per heavy atom. The molecular weight excluding hydrogens is 350 g/mol. The monoisotopic (exact) mass is 367 g/mol. The first-order chi connectivity index (χ1) is 12.6. The van der Waals surface area contributed by atoms with Crippen molar-refractivity contribution in [3.63, 3.8) is 0 Å². The second-order valence-electron chi connectivity index (χ2n) is 6.20. The molecule has 7 heteroatoms. The van der Waals surface area contributed by atoms with Crippen LogP contribution < -0.4 is 10.9 Å². The first-order valence-corrected chi connectivity index (χ1v) is 9.33. The highest BCUT2D eigenvalue weighted by atomic mass is 32.2. The van der Waals surface area contributed by atoms with Gasteiger partial charge in [0.1, 0.15) is 5.75 Å². The summed E-state index contributed by atoms with van der Waals surface area (Å²) in [4.78, 5) is 29.6. The van der Waals surface area contributed by atoms with Crippen LogP contribution in [-0.4, -0.2) is 26.3 Å². The highest BCUT2D eigenvalue weighted by Crippen LogP contribution is 2.36. The average Bonchev–Trinajstić information content (AvgIpc) is 3.47. The minimum Gasteiger partial charge on any atom is -0.508 e. The molecule has 0 radical (unpaired) electrons. The summed E-state index contributed by atoms with van der Waals surface area (Å²) in [5.74, 6) is 0.106. The Balaban J connectivity index is 1.55. The van der Waals surface area contributed by atoms with E-state index in [9.17, 15) is 14.7 Å². The summed E-state index contributed by atoms with van der Waals surface area (Å²) in [5, 5.41) is 13.2. The van der Waals surface area contributed by atoms with Crippen molar-refractivity contribution in [1.29, 1.82) is 0 Å². The van der Waals surface area contributed by atoms with Gasteiger partial charge in [0, 0.05) is 11.7 Å². The number of carbonyl (C=O) groups is 1. The molecule has 132 valence electrons. The molecule has 1 aromatic heterocycles. The molecule has 0 spiro atoms. The predicted molar refractivity (Wildman–Crippen MR) is 102 cm³/mol. The van der Waals surface area contributed by atoms with Crippen molar-refractivity contribution in [2.24, 2.45) is 0 Å². The number of fused-ring (bicyclic) bond motifs is 1. The number of carbonyl (C=O) groups excluding carboxylic acids is 1. The molecule has 1 heterocycles. The smallest absolute Gasteiger partial charge is 0.262 e. The Morgan fingerprint density at radius 3 is 2.65 bits per heavy atom. The molecule has 0 aliphatic heterocycles. The lowest BCUT2D eigenvalue weighted by Gasteiger charge is -2.12. The van der Waals surface area contributed by atoms with Crippen LogP contribution >= 0.6 is 11.8 Å². The van der Waals surface area contributed by atoms with Gasteiger partial charge < -0.3 is 10.4 Å². The minimum absolute atomic E-state index is 0.0421. The summed E-state index contributed by atoms with van der Waals surface area (Å²) in [6.07, 6.45) is 1.93. The van der Waals surface area contributed by atoms with Gasteiger partial charge in [-0.2, -0.15) is 0 Å². The number of para-hydroxylation sites is 1. The average molecular weight is 367 g/mol. The normalized spacial score (nSPS) is 13.7. The molecule has 4 rings (SSSR count). The molecular formula is C19H17N3O3S. The first-order valence-electron chi connectivity index (χ1n) is 8.35. The maximum atomic E-state index is 12.8. The third-order valence-electron chi connectivity index (χ3n) is 4.17. The largest absolute Gasteiger partial charge is 0.508 e. The summed E-state index contributed by atoms with van der Waals surface area (Å²) >= 11 is 1.27. The highest BCUT2D eigenvalue weighted by molar-refractivity contribution is 7.99. The molecule has 0 saturated heterocycles. The Bertz CT molecular complexity index is 1030. The zero-order valence-corrected chi connectivity index (χ0v) is 14.7. The number of nitrogens with one attached hydrogen (secondary N) is 1. The number of hydrogen-bond acceptors (Lipinski definition) is 5. The van der Waals surface area contributed by atoms with E-state index in [4.69, 9.17) is 0 Å². The predicted octanol–water partition coefficient (Wildman–Crippen LogP) is 3.17. The Labute approximate surface area is 153 Å². The van der Waals surface area contributed by atoms with Gasteiger partial charge in [-0.1, -0.05) is 23.9 Å². The topological polar surface area (TPSA) is 84.2 Å². The second kappa shape index (κ2) is 6.84. The molecule has 2 aromatic carbocycles. The molecule has 2 N–H and O–H groups in total. The number of aromatic hydroxyl groups is 1. The fraction of sp³-hybridized carbons (Fsp3) is 0.211. The first kappa shape index (κ1) is 16.7. The van der Waals surface area contributed by atoms with Crippen molar-refractivity contribution in [3.8, 4) is 5.75 Å². The molecule has 1 aliphatic rings. The van der Waals surface area contributed by atoms with E-state index >= 15 is 0 Å². The van der Waals surface area contributed by atoms with Crippen LogP contribution in [0.1, 0.15) is 18.9 Å². The minimum atomic E-state index is -0.189. The number of thioether (sulfide) groups is 1. The van der Waals surface area contributed by atoms with Crippen LogP contribution in [0.3, 0.4) is 0 Å². The van der Waals surface area contributed by atoms with Crippen LogP contribution in [0.2, 0.25) is 0 Å². The van der Waals surface area contributed by atoms with Gasteiger partial charge in [0.05, 0.1) is 16.7 Å². The van der Waals surface area contributed by atoms with Crippen LogP contribution in [0, 0.1) is 0 Å². The van der Waals surface area contributed by atoms with Gasteiger partial charge in [0.15, 0.2) is 5.16 Å². The van der Waals surface area contributed by atoms with Crippen LogP contribution in [0.5, 0.6) is 5.75 Å². The quantitative estimate of drug-likeness (QED) is 0.411. The van der Waals surface area contributed by atoms with Crippen molar-refractivity contribution < 1.29 is 9.90 Å². The van der Waals surface area contributed by atoms with E-state index in [2.05, 4.69) is 10.3 Å². The number of phenolic OH excluding ortho intramolecular Hbond substituents is 1. The van der Waals surface area contributed by atoms with E-state index in [-0.39, 0.29) is 29.0 Å². The molecule has 3 aromatic rings. The number of phenols is 1. The van der Waals surface area contributed by atoms with E-state index in [1.807, 2.05) is 18.2 Å². The third kappa shape index (κ3) is 3.43. The molecule has 1 amide bonds. The van der Waals surface area contributed by atoms with Gasteiger partial charge in [-0.15, -0.1) is 0 Å². The Kier molecular flexibility index (Phi) is 4.38. The Hall–Kier alpha value is -2.80. The number of rotatable bonds is 5. The van der Waals surface area contributed by atoms with Crippen LogP contribution in [0.25, 0.3) is 10.9 Å². The summed E-state index contributed by atoms with van der Waals surface area (Å²) in [6, 6.07) is 13.8. The summed E-state index contributed by atoms with van der Waals surface area (Å²) in [5.41, 5.74) is 1.22. The van der Waals surface area contributed by atoms with Crippen LogP contribution in [0.4, 0.5) is 5.69 Å². The highest BCUT2D eigenvalue weighted by Gasteiger charge is 2.28. The molecule has 0 unspecified atom stereocenters. The maximum absolute atomic E-state index is 12.8. The molecule has 0 atom stereocenters. The van der Waals surface area contributed by atoms with Gasteiger partial charge in [-0.3, -0.25) is 14.2 Å². The third-order valence-corrected chi connectivity index (χ3v) is 5.12. The lowest BCUT2D eigenvalue weighted by Crippen LogP contribution is -2.23. The van der Waals surface area contributed by atoms with Crippen LogP contribution in [-0.2, 0) is 4.79 Å². The maximum Gasteiger partial charge on any atom is 0.262 e. The number of nitrogens with zero attached hydrogens (tertiary/aromatic N) is 2. The molecule has 0 bridgehead atoms. The summed E-state index contributed by atoms with van der Waals surface area (Å²) < 4.78 is 1.72. The summed E-state index contributed by atoms with van der Waals surface area (Å²) in [7, 11) is 0. The zero-order chi connectivity index (χ0) is 18.1. The lowest BCUT2D eigenvalue weighted by atomic mass is 10.2. The van der Waals surface area contributed by atoms with Crippen molar-refractivity contribution in [2.45, 2.75) is 24.0 Å². The van der Waals surface area contributed by atoms with Gasteiger partial charge in [-0.05, 0) is 49.2 Å². The SMILES string of the molecule is O=C(CSc1nc2ccccc2c(=O)n1C1CC1)Nc1ccc(O)cc1. The van der Waals surface area contributed by atoms with Crippen molar-refractivity contribution >= 4 is 34.3 Å².